The lowest BCUT2D eigenvalue weighted by molar-refractivity contribution is 0.584. The second-order valence-electron chi connectivity index (χ2n) is 4.03. The van der Waals surface area contributed by atoms with Crippen molar-refractivity contribution in [2.24, 2.45) is 10.3 Å². The third kappa shape index (κ3) is 2.61. The minimum Gasteiger partial charge on any atom is -0.242 e. The molecule has 1 aromatic rings. The van der Waals surface area contributed by atoms with Gasteiger partial charge in [0.25, 0.3) is 0 Å². The van der Waals surface area contributed by atoms with Gasteiger partial charge in [-0.25, -0.2) is 5.01 Å². The Balaban J connectivity index is 2.07. The quantitative estimate of drug-likeness (QED) is 0.813. The molecular formula is C12H16BrN3. The summed E-state index contributed by atoms with van der Waals surface area (Å²) < 4.78 is 1.09. The normalized spacial score (nSPS) is 19.4. The van der Waals surface area contributed by atoms with Crippen molar-refractivity contribution in [2.45, 2.75) is 32.2 Å². The maximum absolute atomic E-state index is 4.21. The maximum Gasteiger partial charge on any atom is 0.0845 e. The molecule has 0 fully saturated rings. The van der Waals surface area contributed by atoms with Gasteiger partial charge in [-0.15, -0.1) is 0 Å². The Kier molecular flexibility index (Phi) is 3.93. The van der Waals surface area contributed by atoms with Crippen LogP contribution in [-0.4, -0.2) is 12.6 Å². The van der Waals surface area contributed by atoms with E-state index >= 15 is 0 Å². The van der Waals surface area contributed by atoms with E-state index in [1.54, 1.807) is 0 Å². The summed E-state index contributed by atoms with van der Waals surface area (Å²) in [6, 6.07) is 8.68. The fraction of sp³-hybridized carbons (Fsp3) is 0.500. The van der Waals surface area contributed by atoms with Gasteiger partial charge in [0.1, 0.15) is 0 Å². The van der Waals surface area contributed by atoms with Gasteiger partial charge in [-0.05, 0) is 30.7 Å². The minimum absolute atomic E-state index is 0.445. The van der Waals surface area contributed by atoms with E-state index in [1.807, 2.05) is 17.1 Å². The van der Waals surface area contributed by atoms with Crippen molar-refractivity contribution in [3.8, 4) is 0 Å². The zero-order valence-corrected chi connectivity index (χ0v) is 11.0. The third-order valence-electron chi connectivity index (χ3n) is 2.78. The summed E-state index contributed by atoms with van der Waals surface area (Å²) in [4.78, 5) is 0. The number of benzene rings is 1. The van der Waals surface area contributed by atoms with Crippen molar-refractivity contribution in [2.75, 3.05) is 11.6 Å². The number of unbranched alkanes of at least 4 members (excludes halogenated alkanes) is 1. The van der Waals surface area contributed by atoms with Gasteiger partial charge in [0, 0.05) is 4.47 Å². The van der Waals surface area contributed by atoms with Gasteiger partial charge in [0.15, 0.2) is 0 Å². The Labute approximate surface area is 105 Å². The Bertz CT molecular complexity index is 361. The molecule has 4 heteroatoms. The first kappa shape index (κ1) is 11.6. The number of anilines is 1. The maximum atomic E-state index is 4.21. The SMILES string of the molecule is CCCC[C@H]1CN=NN1c1ccc(Br)cc1. The molecule has 86 valence electrons. The van der Waals surface area contributed by atoms with Crippen LogP contribution in [0, 0.1) is 0 Å². The first-order chi connectivity index (χ1) is 7.81. The molecule has 0 spiro atoms. The molecular weight excluding hydrogens is 266 g/mol. The lowest BCUT2D eigenvalue weighted by Crippen LogP contribution is -2.28. The van der Waals surface area contributed by atoms with E-state index < -0.39 is 0 Å². The number of nitrogens with zero attached hydrogens (tertiary/aromatic N) is 3. The van der Waals surface area contributed by atoms with Crippen molar-refractivity contribution < 1.29 is 0 Å². The molecule has 16 heavy (non-hydrogen) atoms. The molecule has 2 rings (SSSR count). The van der Waals surface area contributed by atoms with Crippen LogP contribution in [0.4, 0.5) is 5.69 Å². The molecule has 1 atom stereocenters. The van der Waals surface area contributed by atoms with Crippen LogP contribution in [0.1, 0.15) is 26.2 Å². The molecule has 1 aliphatic heterocycles. The van der Waals surface area contributed by atoms with E-state index in [-0.39, 0.29) is 0 Å². The molecule has 0 N–H and O–H groups in total. The molecule has 3 nitrogen and oxygen atoms in total. The summed E-state index contributed by atoms with van der Waals surface area (Å²) in [6.07, 6.45) is 3.63. The van der Waals surface area contributed by atoms with Crippen LogP contribution in [-0.2, 0) is 0 Å². The molecule has 1 aromatic carbocycles. The molecule has 0 unspecified atom stereocenters. The first-order valence-electron chi connectivity index (χ1n) is 5.73. The fourth-order valence-electron chi connectivity index (χ4n) is 1.86. The second-order valence-corrected chi connectivity index (χ2v) is 4.95. The van der Waals surface area contributed by atoms with Crippen LogP contribution in [0.3, 0.4) is 0 Å². The predicted molar refractivity (Wildman–Crippen MR) is 69.7 cm³/mol. The summed E-state index contributed by atoms with van der Waals surface area (Å²) in [5.74, 6) is 0. The summed E-state index contributed by atoms with van der Waals surface area (Å²) in [5.41, 5.74) is 1.13. The van der Waals surface area contributed by atoms with Crippen molar-refractivity contribution in [1.29, 1.82) is 0 Å². The molecule has 0 saturated heterocycles. The first-order valence-corrected chi connectivity index (χ1v) is 6.52. The standard InChI is InChI=1S/C12H16BrN3/c1-2-3-4-12-9-14-15-16(12)11-7-5-10(13)6-8-11/h5-8,12H,2-4,9H2,1H3/t12-/m0/s1. The van der Waals surface area contributed by atoms with Crippen molar-refractivity contribution in [3.05, 3.63) is 28.7 Å². The Hall–Kier alpha value is -0.900. The fourth-order valence-corrected chi connectivity index (χ4v) is 2.12. The van der Waals surface area contributed by atoms with E-state index in [2.05, 4.69) is 45.3 Å². The molecule has 1 aliphatic rings. The molecule has 0 bridgehead atoms. The Morgan fingerprint density at radius 2 is 2.12 bits per heavy atom. The minimum atomic E-state index is 0.445. The van der Waals surface area contributed by atoms with Gasteiger partial charge in [-0.1, -0.05) is 40.9 Å². The van der Waals surface area contributed by atoms with E-state index in [1.165, 1.54) is 19.3 Å². The van der Waals surface area contributed by atoms with Gasteiger partial charge in [0.05, 0.1) is 18.3 Å². The highest BCUT2D eigenvalue weighted by Gasteiger charge is 2.22. The van der Waals surface area contributed by atoms with E-state index in [0.29, 0.717) is 6.04 Å². The summed E-state index contributed by atoms with van der Waals surface area (Å²) in [7, 11) is 0. The molecule has 1 heterocycles. The highest BCUT2D eigenvalue weighted by molar-refractivity contribution is 9.10. The van der Waals surface area contributed by atoms with Crippen LogP contribution in [0.5, 0.6) is 0 Å². The van der Waals surface area contributed by atoms with E-state index in [4.69, 9.17) is 0 Å². The van der Waals surface area contributed by atoms with Gasteiger partial charge >= 0.3 is 0 Å². The topological polar surface area (TPSA) is 28.0 Å². The number of rotatable bonds is 4. The monoisotopic (exact) mass is 281 g/mol. The zero-order chi connectivity index (χ0) is 11.4. The number of hydrogen-bond donors (Lipinski definition) is 0. The van der Waals surface area contributed by atoms with Crippen LogP contribution in [0.25, 0.3) is 0 Å². The van der Waals surface area contributed by atoms with Gasteiger partial charge < -0.3 is 0 Å². The molecule has 0 aromatic heterocycles. The average Bonchev–Trinajstić information content (AvgIpc) is 2.75. The summed E-state index contributed by atoms with van der Waals surface area (Å²) in [6.45, 7) is 3.04. The highest BCUT2D eigenvalue weighted by atomic mass is 79.9. The summed E-state index contributed by atoms with van der Waals surface area (Å²) >= 11 is 3.44. The molecule has 0 radical (unpaired) electrons. The number of halogens is 1. The van der Waals surface area contributed by atoms with E-state index in [0.717, 1.165) is 16.7 Å². The van der Waals surface area contributed by atoms with Crippen LogP contribution >= 0.6 is 15.9 Å². The van der Waals surface area contributed by atoms with Crippen LogP contribution in [0.2, 0.25) is 0 Å². The van der Waals surface area contributed by atoms with Gasteiger partial charge in [-0.3, -0.25) is 0 Å². The smallest absolute Gasteiger partial charge is 0.0845 e. The second kappa shape index (κ2) is 5.43. The largest absolute Gasteiger partial charge is 0.242 e. The summed E-state index contributed by atoms with van der Waals surface area (Å²) in [5, 5.41) is 10.4. The predicted octanol–water partition coefficient (Wildman–Crippen LogP) is 4.20. The van der Waals surface area contributed by atoms with Crippen LogP contribution < -0.4 is 5.01 Å². The highest BCUT2D eigenvalue weighted by Crippen LogP contribution is 2.26. The lowest BCUT2D eigenvalue weighted by atomic mass is 10.1. The van der Waals surface area contributed by atoms with Crippen LogP contribution in [0.15, 0.2) is 39.1 Å². The zero-order valence-electron chi connectivity index (χ0n) is 9.43. The molecule has 0 aliphatic carbocycles. The molecule has 0 saturated carbocycles. The van der Waals surface area contributed by atoms with Crippen molar-refractivity contribution >= 4 is 21.6 Å². The number of hydrogen-bond acceptors (Lipinski definition) is 3. The van der Waals surface area contributed by atoms with Gasteiger partial charge in [-0.2, -0.15) is 5.11 Å². The van der Waals surface area contributed by atoms with Gasteiger partial charge in [0.2, 0.25) is 0 Å². The average molecular weight is 282 g/mol. The van der Waals surface area contributed by atoms with E-state index in [9.17, 15) is 0 Å². The Morgan fingerprint density at radius 3 is 2.81 bits per heavy atom. The Morgan fingerprint density at radius 1 is 1.38 bits per heavy atom. The van der Waals surface area contributed by atoms with Crippen molar-refractivity contribution in [3.63, 3.8) is 0 Å². The lowest BCUT2D eigenvalue weighted by Gasteiger charge is -2.21. The third-order valence-corrected chi connectivity index (χ3v) is 3.31. The van der Waals surface area contributed by atoms with Crippen molar-refractivity contribution in [1.82, 2.24) is 0 Å². The molecule has 0 amide bonds.